The van der Waals surface area contributed by atoms with Gasteiger partial charge in [-0.2, -0.15) is 8.78 Å². The topological polar surface area (TPSA) is 85.8 Å². The number of amides is 1. The third-order valence-corrected chi connectivity index (χ3v) is 6.39. The van der Waals surface area contributed by atoms with Crippen LogP contribution in [0.25, 0.3) is 27.7 Å². The van der Waals surface area contributed by atoms with Gasteiger partial charge in [-0.3, -0.25) is 9.20 Å². The summed E-state index contributed by atoms with van der Waals surface area (Å²) in [6.07, 6.45) is 3.02. The fourth-order valence-corrected chi connectivity index (χ4v) is 4.37. The van der Waals surface area contributed by atoms with Gasteiger partial charge in [0, 0.05) is 24.2 Å². The number of hydrogen-bond acceptors (Lipinski definition) is 5. The van der Waals surface area contributed by atoms with Crippen LogP contribution in [0.4, 0.5) is 23.4 Å². The van der Waals surface area contributed by atoms with E-state index in [-0.39, 0.29) is 40.8 Å². The molecule has 5 aromatic rings. The number of carbonyl (C=O) groups is 1. The molecule has 39 heavy (non-hydrogen) atoms. The first-order chi connectivity index (χ1) is 18.6. The molecule has 0 aliphatic heterocycles. The smallest absolute Gasteiger partial charge is 0.387 e. The first-order valence-electron chi connectivity index (χ1n) is 12.0. The second kappa shape index (κ2) is 10.2. The molecule has 200 valence electrons. The number of fused-ring (bicyclic) bond motifs is 3. The molecule has 11 heteroatoms. The van der Waals surface area contributed by atoms with Gasteiger partial charge in [-0.25, -0.2) is 18.7 Å². The zero-order chi connectivity index (χ0) is 27.8. The number of ether oxygens (including phenoxy) is 1. The summed E-state index contributed by atoms with van der Waals surface area (Å²) in [4.78, 5) is 23.2. The Balaban J connectivity index is 1.43. The number of nitrogens with two attached hydrogens (primary N) is 1. The van der Waals surface area contributed by atoms with Crippen LogP contribution in [-0.4, -0.2) is 37.8 Å². The van der Waals surface area contributed by atoms with Gasteiger partial charge in [0.1, 0.15) is 28.7 Å². The van der Waals surface area contributed by atoms with Gasteiger partial charge in [0.25, 0.3) is 5.91 Å². The highest BCUT2D eigenvalue weighted by Gasteiger charge is 2.25. The van der Waals surface area contributed by atoms with Crippen LogP contribution in [0.15, 0.2) is 67.1 Å². The Kier molecular flexibility index (Phi) is 6.81. The quantitative estimate of drug-likeness (QED) is 0.255. The first-order valence-corrected chi connectivity index (χ1v) is 12.0. The van der Waals surface area contributed by atoms with Gasteiger partial charge in [0.15, 0.2) is 0 Å². The second-order valence-electron chi connectivity index (χ2n) is 9.20. The third-order valence-electron chi connectivity index (χ3n) is 6.39. The van der Waals surface area contributed by atoms with Crippen molar-refractivity contribution in [2.24, 2.45) is 0 Å². The molecule has 0 saturated carbocycles. The van der Waals surface area contributed by atoms with Crippen LogP contribution in [0.3, 0.4) is 0 Å². The molecule has 2 heterocycles. The fourth-order valence-electron chi connectivity index (χ4n) is 4.37. The molecule has 0 aliphatic rings. The first kappa shape index (κ1) is 26.0. The number of hydrogen-bond donors (Lipinski definition) is 1. The van der Waals surface area contributed by atoms with Crippen molar-refractivity contribution in [2.45, 2.75) is 33.0 Å². The van der Waals surface area contributed by atoms with Gasteiger partial charge in [0.2, 0.25) is 0 Å². The molecule has 2 N–H and O–H groups in total. The molecule has 0 saturated heterocycles. The Hall–Kier alpha value is -4.67. The zero-order valence-electron chi connectivity index (χ0n) is 20.9. The number of nitrogen functional groups attached to an aromatic ring is 1. The lowest BCUT2D eigenvalue weighted by atomic mass is 10.0. The Labute approximate surface area is 220 Å². The van der Waals surface area contributed by atoms with Crippen LogP contribution in [0.2, 0.25) is 0 Å². The van der Waals surface area contributed by atoms with Gasteiger partial charge in [-0.1, -0.05) is 24.3 Å². The molecule has 0 unspecified atom stereocenters. The van der Waals surface area contributed by atoms with Crippen molar-refractivity contribution in [3.05, 3.63) is 89.9 Å². The van der Waals surface area contributed by atoms with Crippen molar-refractivity contribution in [2.75, 3.05) is 5.73 Å². The molecule has 0 radical (unpaired) electrons. The highest BCUT2D eigenvalue weighted by atomic mass is 19.3. The number of carbonyl (C=O) groups excluding carboxylic acids is 1. The number of anilines is 1. The Bertz CT molecular complexity index is 1690. The SMILES string of the molecule is CC(C)N(Cc1ccc(-c2ccc(OC(F)F)cc2)cc1F)C(=O)c1cc2c(cc1F)nc(N)c1cncn12. The zero-order valence-corrected chi connectivity index (χ0v) is 20.9. The Morgan fingerprint density at radius 1 is 1.00 bits per heavy atom. The minimum Gasteiger partial charge on any atom is -0.435 e. The molecule has 3 aromatic carbocycles. The number of halogens is 4. The van der Waals surface area contributed by atoms with E-state index in [2.05, 4.69) is 14.7 Å². The molecule has 2 aromatic heterocycles. The maximum absolute atomic E-state index is 15.2. The monoisotopic (exact) mass is 537 g/mol. The van der Waals surface area contributed by atoms with Crippen molar-refractivity contribution < 1.29 is 27.1 Å². The number of aromatic nitrogens is 3. The summed E-state index contributed by atoms with van der Waals surface area (Å²) in [7, 11) is 0. The van der Waals surface area contributed by atoms with E-state index in [4.69, 9.17) is 5.73 Å². The Morgan fingerprint density at radius 2 is 1.72 bits per heavy atom. The minimum absolute atomic E-state index is 0.00845. The highest BCUT2D eigenvalue weighted by Crippen LogP contribution is 2.28. The summed E-state index contributed by atoms with van der Waals surface area (Å²) < 4.78 is 61.1. The maximum Gasteiger partial charge on any atom is 0.387 e. The fraction of sp³-hybridized carbons (Fsp3) is 0.179. The van der Waals surface area contributed by atoms with Gasteiger partial charge in [0.05, 0.1) is 29.1 Å². The average molecular weight is 538 g/mol. The van der Waals surface area contributed by atoms with Crippen molar-refractivity contribution in [3.8, 4) is 16.9 Å². The van der Waals surface area contributed by atoms with Crippen LogP contribution >= 0.6 is 0 Å². The molecule has 0 atom stereocenters. The van der Waals surface area contributed by atoms with E-state index in [1.54, 1.807) is 24.3 Å². The van der Waals surface area contributed by atoms with E-state index < -0.39 is 24.2 Å². The van der Waals surface area contributed by atoms with Crippen molar-refractivity contribution in [1.82, 2.24) is 19.3 Å². The van der Waals surface area contributed by atoms with Gasteiger partial charge in [-0.15, -0.1) is 0 Å². The molecule has 1 amide bonds. The normalized spacial score (nSPS) is 11.6. The van der Waals surface area contributed by atoms with E-state index in [1.165, 1.54) is 59.9 Å². The molecule has 0 bridgehead atoms. The molecular formula is C28H23F4N5O2. The van der Waals surface area contributed by atoms with Gasteiger partial charge >= 0.3 is 6.61 Å². The van der Waals surface area contributed by atoms with Gasteiger partial charge in [-0.05, 0) is 49.2 Å². The summed E-state index contributed by atoms with van der Waals surface area (Å²) in [5.74, 6) is -1.80. The molecule has 5 rings (SSSR count). The predicted octanol–water partition coefficient (Wildman–Crippen LogP) is 6.06. The number of benzene rings is 3. The number of imidazole rings is 1. The van der Waals surface area contributed by atoms with Crippen LogP contribution in [-0.2, 0) is 6.54 Å². The van der Waals surface area contributed by atoms with Gasteiger partial charge < -0.3 is 15.4 Å². The van der Waals surface area contributed by atoms with E-state index in [1.807, 2.05) is 0 Å². The van der Waals surface area contributed by atoms with Crippen LogP contribution in [0.5, 0.6) is 5.75 Å². The van der Waals surface area contributed by atoms with Crippen LogP contribution in [0, 0.1) is 11.6 Å². The number of rotatable bonds is 7. The lowest BCUT2D eigenvalue weighted by Crippen LogP contribution is -2.37. The standard InChI is InChI=1S/C28H23F4N5O2/c1-15(2)36(13-18-4-3-17(9-21(18)29)16-5-7-19(8-6-16)39-28(31)32)27(38)20-10-24-23(11-22(20)30)35-26(33)25-12-34-14-37(24)25/h3-12,14-15,28H,13H2,1-2H3,(H2,33,35). The Morgan fingerprint density at radius 3 is 2.38 bits per heavy atom. The molecule has 0 spiro atoms. The average Bonchev–Trinajstić information content (AvgIpc) is 3.38. The summed E-state index contributed by atoms with van der Waals surface area (Å²) in [5, 5.41) is 0. The van der Waals surface area contributed by atoms with E-state index in [0.717, 1.165) is 6.07 Å². The molecule has 0 fully saturated rings. The predicted molar refractivity (Wildman–Crippen MR) is 138 cm³/mol. The van der Waals surface area contributed by atoms with E-state index in [9.17, 15) is 13.6 Å². The van der Waals surface area contributed by atoms with Crippen molar-refractivity contribution in [1.29, 1.82) is 0 Å². The number of nitrogens with zero attached hydrogens (tertiary/aromatic N) is 4. The summed E-state index contributed by atoms with van der Waals surface area (Å²) in [6.45, 7) is 0.455. The maximum atomic E-state index is 15.2. The van der Waals surface area contributed by atoms with E-state index in [0.29, 0.717) is 22.2 Å². The summed E-state index contributed by atoms with van der Waals surface area (Å²) >= 11 is 0. The number of alkyl halides is 2. The summed E-state index contributed by atoms with van der Waals surface area (Å²) in [5.41, 5.74) is 8.31. The molecular weight excluding hydrogens is 514 g/mol. The van der Waals surface area contributed by atoms with Crippen LogP contribution < -0.4 is 10.5 Å². The lowest BCUT2D eigenvalue weighted by Gasteiger charge is -2.27. The van der Waals surface area contributed by atoms with E-state index >= 15 is 8.78 Å². The van der Waals surface area contributed by atoms with Crippen molar-refractivity contribution >= 4 is 28.3 Å². The van der Waals surface area contributed by atoms with Crippen LogP contribution in [0.1, 0.15) is 29.8 Å². The summed E-state index contributed by atoms with van der Waals surface area (Å²) in [6, 6.07) is 12.5. The molecule has 7 nitrogen and oxygen atoms in total. The second-order valence-corrected chi connectivity index (χ2v) is 9.20. The minimum atomic E-state index is -2.94. The van der Waals surface area contributed by atoms with Crippen molar-refractivity contribution in [3.63, 3.8) is 0 Å². The highest BCUT2D eigenvalue weighted by molar-refractivity contribution is 5.98. The molecule has 0 aliphatic carbocycles. The third kappa shape index (κ3) is 5.07. The largest absolute Gasteiger partial charge is 0.435 e. The lowest BCUT2D eigenvalue weighted by molar-refractivity contribution is -0.0498.